The minimum Gasteiger partial charge on any atom is -0.346 e. The quantitative estimate of drug-likeness (QED) is 0.713. The van der Waals surface area contributed by atoms with E-state index in [1.165, 1.54) is 18.9 Å². The Bertz CT molecular complexity index is 370. The van der Waals surface area contributed by atoms with Crippen molar-refractivity contribution in [3.05, 3.63) is 0 Å². The van der Waals surface area contributed by atoms with Gasteiger partial charge in [-0.2, -0.15) is 13.2 Å². The van der Waals surface area contributed by atoms with E-state index in [0.29, 0.717) is 13.1 Å². The van der Waals surface area contributed by atoms with Gasteiger partial charge in [0.1, 0.15) is 6.54 Å². The maximum atomic E-state index is 12.0. The molecule has 0 aromatic heterocycles. The molecule has 1 unspecified atom stereocenters. The van der Waals surface area contributed by atoms with E-state index in [1.54, 1.807) is 4.90 Å². The van der Waals surface area contributed by atoms with E-state index >= 15 is 0 Å². The standard InChI is InChI=1S/C12H21F3N4O2/c1-9(11(21)17-8-12(13,14)15)18(2)7-10(20)19-5-3-16-4-6-19/h9,16H,3-8H2,1-2H3,(H,17,21). The molecule has 0 aromatic carbocycles. The van der Waals surface area contributed by atoms with Gasteiger partial charge in [-0.15, -0.1) is 0 Å². The molecule has 1 fully saturated rings. The second kappa shape index (κ2) is 7.60. The lowest BCUT2D eigenvalue weighted by Gasteiger charge is -2.30. The Balaban J connectivity index is 2.40. The summed E-state index contributed by atoms with van der Waals surface area (Å²) in [5.41, 5.74) is 0. The van der Waals surface area contributed by atoms with Gasteiger partial charge in [0.05, 0.1) is 12.6 Å². The Kier molecular flexibility index (Phi) is 6.41. The van der Waals surface area contributed by atoms with Crippen molar-refractivity contribution in [2.45, 2.75) is 19.1 Å². The molecule has 9 heteroatoms. The van der Waals surface area contributed by atoms with Crippen molar-refractivity contribution in [2.24, 2.45) is 0 Å². The second-order valence-corrected chi connectivity index (χ2v) is 5.05. The van der Waals surface area contributed by atoms with Gasteiger partial charge in [-0.1, -0.05) is 0 Å². The Morgan fingerprint density at radius 1 is 1.33 bits per heavy atom. The molecule has 0 aliphatic carbocycles. The molecule has 1 saturated heterocycles. The lowest BCUT2D eigenvalue weighted by Crippen LogP contribution is -2.52. The smallest absolute Gasteiger partial charge is 0.346 e. The molecule has 0 radical (unpaired) electrons. The first kappa shape index (κ1) is 17.7. The van der Waals surface area contributed by atoms with Crippen molar-refractivity contribution in [3.8, 4) is 0 Å². The fourth-order valence-corrected chi connectivity index (χ4v) is 1.90. The van der Waals surface area contributed by atoms with Crippen LogP contribution >= 0.6 is 0 Å². The Morgan fingerprint density at radius 2 is 1.90 bits per heavy atom. The monoisotopic (exact) mass is 310 g/mol. The van der Waals surface area contributed by atoms with Gasteiger partial charge in [0.25, 0.3) is 0 Å². The molecule has 21 heavy (non-hydrogen) atoms. The molecule has 0 saturated carbocycles. The summed E-state index contributed by atoms with van der Waals surface area (Å²) in [4.78, 5) is 26.7. The van der Waals surface area contributed by atoms with Crippen LogP contribution in [0, 0.1) is 0 Å². The van der Waals surface area contributed by atoms with E-state index < -0.39 is 24.7 Å². The molecule has 1 atom stereocenters. The SMILES string of the molecule is CC(C(=O)NCC(F)(F)F)N(C)CC(=O)N1CCNCC1. The number of carbonyl (C=O) groups excluding carboxylic acids is 2. The van der Waals surface area contributed by atoms with E-state index in [2.05, 4.69) is 5.32 Å². The highest BCUT2D eigenvalue weighted by Crippen LogP contribution is 2.12. The molecule has 0 aromatic rings. The topological polar surface area (TPSA) is 64.7 Å². The Labute approximate surface area is 121 Å². The van der Waals surface area contributed by atoms with Crippen molar-refractivity contribution < 1.29 is 22.8 Å². The number of nitrogens with one attached hydrogen (secondary N) is 2. The van der Waals surface area contributed by atoms with Crippen LogP contribution in [0.1, 0.15) is 6.92 Å². The number of alkyl halides is 3. The lowest BCUT2D eigenvalue weighted by atomic mass is 10.2. The van der Waals surface area contributed by atoms with E-state index in [9.17, 15) is 22.8 Å². The van der Waals surface area contributed by atoms with Crippen LogP contribution in [0.4, 0.5) is 13.2 Å². The largest absolute Gasteiger partial charge is 0.405 e. The molecule has 1 aliphatic heterocycles. The van der Waals surface area contributed by atoms with Crippen LogP contribution in [-0.4, -0.2) is 80.1 Å². The fraction of sp³-hybridized carbons (Fsp3) is 0.833. The molecular formula is C12H21F3N4O2. The van der Waals surface area contributed by atoms with Crippen molar-refractivity contribution in [3.63, 3.8) is 0 Å². The first-order chi connectivity index (χ1) is 9.70. The molecule has 2 N–H and O–H groups in total. The minimum absolute atomic E-state index is 0.000600. The third-order valence-electron chi connectivity index (χ3n) is 3.36. The number of carbonyl (C=O) groups is 2. The van der Waals surface area contributed by atoms with Crippen molar-refractivity contribution in [2.75, 3.05) is 46.3 Å². The van der Waals surface area contributed by atoms with Crippen LogP contribution in [0.25, 0.3) is 0 Å². The third kappa shape index (κ3) is 6.30. The Morgan fingerprint density at radius 3 is 2.43 bits per heavy atom. The van der Waals surface area contributed by atoms with Crippen LogP contribution in [0.2, 0.25) is 0 Å². The van der Waals surface area contributed by atoms with Gasteiger partial charge in [0.15, 0.2) is 0 Å². The summed E-state index contributed by atoms with van der Waals surface area (Å²) in [5.74, 6) is -0.877. The molecular weight excluding hydrogens is 289 g/mol. The number of nitrogens with zero attached hydrogens (tertiary/aromatic N) is 2. The van der Waals surface area contributed by atoms with E-state index in [4.69, 9.17) is 0 Å². The molecule has 0 bridgehead atoms. The highest BCUT2D eigenvalue weighted by molar-refractivity contribution is 5.83. The summed E-state index contributed by atoms with van der Waals surface area (Å²) in [7, 11) is 1.54. The number of amides is 2. The van der Waals surface area contributed by atoms with E-state index in [0.717, 1.165) is 13.1 Å². The first-order valence-corrected chi connectivity index (χ1v) is 6.74. The van der Waals surface area contributed by atoms with Gasteiger partial charge < -0.3 is 15.5 Å². The third-order valence-corrected chi connectivity index (χ3v) is 3.36. The molecule has 6 nitrogen and oxygen atoms in total. The normalized spacial score (nSPS) is 17.7. The predicted molar refractivity (Wildman–Crippen MR) is 70.6 cm³/mol. The molecule has 0 spiro atoms. The summed E-state index contributed by atoms with van der Waals surface area (Å²) in [6.07, 6.45) is -4.44. The van der Waals surface area contributed by atoms with Crippen molar-refractivity contribution >= 4 is 11.8 Å². The summed E-state index contributed by atoms with van der Waals surface area (Å²) in [6.45, 7) is 2.74. The van der Waals surface area contributed by atoms with Crippen LogP contribution in [0.15, 0.2) is 0 Å². The number of halogens is 3. The molecule has 1 heterocycles. The first-order valence-electron chi connectivity index (χ1n) is 6.74. The summed E-state index contributed by atoms with van der Waals surface area (Å²) in [6, 6.07) is -0.806. The molecule has 2 amide bonds. The fourth-order valence-electron chi connectivity index (χ4n) is 1.90. The number of likely N-dealkylation sites (N-methyl/N-ethyl adjacent to an activating group) is 1. The zero-order chi connectivity index (χ0) is 16.0. The summed E-state index contributed by atoms with van der Waals surface area (Å²) >= 11 is 0. The molecule has 1 rings (SSSR count). The average Bonchev–Trinajstić information content (AvgIpc) is 2.43. The van der Waals surface area contributed by atoms with Crippen molar-refractivity contribution in [1.29, 1.82) is 0 Å². The minimum atomic E-state index is -4.44. The maximum Gasteiger partial charge on any atom is 0.405 e. The van der Waals surface area contributed by atoms with Crippen LogP contribution in [0.5, 0.6) is 0 Å². The van der Waals surface area contributed by atoms with E-state index in [-0.39, 0.29) is 12.5 Å². The molecule has 122 valence electrons. The van der Waals surface area contributed by atoms with Gasteiger partial charge in [-0.25, -0.2) is 0 Å². The zero-order valence-electron chi connectivity index (χ0n) is 12.2. The average molecular weight is 310 g/mol. The second-order valence-electron chi connectivity index (χ2n) is 5.05. The van der Waals surface area contributed by atoms with Gasteiger partial charge in [0.2, 0.25) is 11.8 Å². The highest BCUT2D eigenvalue weighted by Gasteiger charge is 2.30. The van der Waals surface area contributed by atoms with Crippen molar-refractivity contribution in [1.82, 2.24) is 20.4 Å². The van der Waals surface area contributed by atoms with Crippen LogP contribution in [0.3, 0.4) is 0 Å². The lowest BCUT2D eigenvalue weighted by molar-refractivity contribution is -0.142. The van der Waals surface area contributed by atoms with Gasteiger partial charge in [-0.05, 0) is 14.0 Å². The molecule has 1 aliphatic rings. The van der Waals surface area contributed by atoms with Crippen LogP contribution in [-0.2, 0) is 9.59 Å². The highest BCUT2D eigenvalue weighted by atomic mass is 19.4. The summed E-state index contributed by atoms with van der Waals surface area (Å²) < 4.78 is 36.1. The predicted octanol–water partition coefficient (Wildman–Crippen LogP) is -0.583. The zero-order valence-corrected chi connectivity index (χ0v) is 12.2. The number of rotatable bonds is 5. The summed E-state index contributed by atoms with van der Waals surface area (Å²) in [5, 5.41) is 4.93. The van der Waals surface area contributed by atoms with E-state index in [1.807, 2.05) is 5.32 Å². The van der Waals surface area contributed by atoms with Gasteiger partial charge in [-0.3, -0.25) is 14.5 Å². The van der Waals surface area contributed by atoms with Gasteiger partial charge in [0, 0.05) is 26.2 Å². The van der Waals surface area contributed by atoms with Gasteiger partial charge >= 0.3 is 6.18 Å². The van der Waals surface area contributed by atoms with Crippen LogP contribution < -0.4 is 10.6 Å². The Hall–Kier alpha value is -1.35. The number of piperazine rings is 1. The number of hydrogen-bond acceptors (Lipinski definition) is 4. The maximum absolute atomic E-state index is 12.0. The number of hydrogen-bond donors (Lipinski definition) is 2.